The molecule has 1 atom stereocenters. The minimum absolute atomic E-state index is 0.102. The maximum absolute atomic E-state index is 13.5. The molecule has 0 aliphatic heterocycles. The Kier molecular flexibility index (Phi) is 10.4. The number of hydrogen-bond acceptors (Lipinski definition) is 10. The van der Waals surface area contributed by atoms with Crippen LogP contribution in [0.15, 0.2) is 53.7 Å². The first kappa shape index (κ1) is 32.0. The molecule has 0 saturated heterocycles. The maximum Gasteiger partial charge on any atom is 0.341 e. The minimum Gasteiger partial charge on any atom is -0.497 e. The van der Waals surface area contributed by atoms with Gasteiger partial charge in [0, 0.05) is 4.88 Å². The highest BCUT2D eigenvalue weighted by Crippen LogP contribution is 2.40. The lowest BCUT2D eigenvalue weighted by Crippen LogP contribution is -2.26. The normalized spacial score (nSPS) is 12.7. The van der Waals surface area contributed by atoms with Gasteiger partial charge in [0.25, 0.3) is 0 Å². The van der Waals surface area contributed by atoms with Crippen molar-refractivity contribution in [2.45, 2.75) is 56.5 Å². The van der Waals surface area contributed by atoms with Crippen molar-refractivity contribution in [2.75, 3.05) is 26.1 Å². The van der Waals surface area contributed by atoms with Crippen LogP contribution in [0, 0.1) is 0 Å². The number of methoxy groups -OCH3 is 2. The average molecular weight is 650 g/mol. The fourth-order valence-electron chi connectivity index (χ4n) is 5.05. The standard InChI is InChI=1S/C32H35N5O6S2/c1-5-43-31(40)28-22-9-8-12-25(22)45-30(28)34-29(39)19(2)44-32-36-35-26(37(32)23-10-6-7-11-24(23)42-4)18-33-27(38)17-20-13-15-21(41-3)16-14-20/h6-7,10-11,13-16,19H,5,8-9,12,17-18H2,1-4H3,(H,33,38)(H,34,39)/t19-/m0/s1. The summed E-state index contributed by atoms with van der Waals surface area (Å²) >= 11 is 2.65. The second-order valence-corrected chi connectivity index (χ2v) is 12.7. The molecular formula is C32H35N5O6S2. The number of para-hydroxylation sites is 2. The van der Waals surface area contributed by atoms with Crippen molar-refractivity contribution in [3.63, 3.8) is 0 Å². The quantitative estimate of drug-likeness (QED) is 0.152. The predicted molar refractivity (Wildman–Crippen MR) is 173 cm³/mol. The van der Waals surface area contributed by atoms with Gasteiger partial charge in [-0.05, 0) is 68.5 Å². The Hall–Kier alpha value is -4.36. The number of aryl methyl sites for hydroxylation is 1. The molecule has 2 aromatic heterocycles. The summed E-state index contributed by atoms with van der Waals surface area (Å²) in [7, 11) is 3.16. The van der Waals surface area contributed by atoms with Crippen molar-refractivity contribution in [3.05, 3.63) is 75.9 Å². The predicted octanol–water partition coefficient (Wildman–Crippen LogP) is 4.99. The monoisotopic (exact) mass is 649 g/mol. The second-order valence-electron chi connectivity index (χ2n) is 10.2. The summed E-state index contributed by atoms with van der Waals surface area (Å²) in [5.41, 5.74) is 2.95. The van der Waals surface area contributed by atoms with Gasteiger partial charge in [0.15, 0.2) is 11.0 Å². The largest absolute Gasteiger partial charge is 0.497 e. The Balaban J connectivity index is 1.34. The van der Waals surface area contributed by atoms with Crippen LogP contribution in [-0.2, 0) is 40.1 Å². The van der Waals surface area contributed by atoms with E-state index in [1.807, 2.05) is 48.5 Å². The average Bonchev–Trinajstić information content (AvgIpc) is 3.75. The summed E-state index contributed by atoms with van der Waals surface area (Å²) in [6.07, 6.45) is 2.85. The molecule has 0 radical (unpaired) electrons. The number of carbonyl (C=O) groups excluding carboxylic acids is 3. The smallest absolute Gasteiger partial charge is 0.341 e. The van der Waals surface area contributed by atoms with E-state index < -0.39 is 11.2 Å². The van der Waals surface area contributed by atoms with Crippen molar-refractivity contribution in [1.82, 2.24) is 20.1 Å². The van der Waals surface area contributed by atoms with Crippen LogP contribution >= 0.6 is 23.1 Å². The van der Waals surface area contributed by atoms with Gasteiger partial charge in [0.2, 0.25) is 11.8 Å². The number of thioether (sulfide) groups is 1. The van der Waals surface area contributed by atoms with Gasteiger partial charge in [0.1, 0.15) is 16.5 Å². The van der Waals surface area contributed by atoms with E-state index in [1.165, 1.54) is 23.1 Å². The van der Waals surface area contributed by atoms with Gasteiger partial charge >= 0.3 is 5.97 Å². The van der Waals surface area contributed by atoms with E-state index in [4.69, 9.17) is 14.2 Å². The van der Waals surface area contributed by atoms with E-state index in [9.17, 15) is 14.4 Å². The molecule has 0 unspecified atom stereocenters. The first-order valence-corrected chi connectivity index (χ1v) is 16.3. The molecule has 1 aliphatic carbocycles. The van der Waals surface area contributed by atoms with Crippen LogP contribution in [0.4, 0.5) is 5.00 Å². The number of benzene rings is 2. The summed E-state index contributed by atoms with van der Waals surface area (Å²) in [6, 6.07) is 14.7. The lowest BCUT2D eigenvalue weighted by molar-refractivity contribution is -0.120. The lowest BCUT2D eigenvalue weighted by Gasteiger charge is -2.16. The lowest BCUT2D eigenvalue weighted by atomic mass is 10.1. The molecule has 2 aromatic carbocycles. The number of nitrogens with one attached hydrogen (secondary N) is 2. The maximum atomic E-state index is 13.5. The number of nitrogens with zero attached hydrogens (tertiary/aromatic N) is 3. The van der Waals surface area contributed by atoms with Crippen molar-refractivity contribution < 1.29 is 28.6 Å². The van der Waals surface area contributed by atoms with Crippen LogP contribution in [0.25, 0.3) is 5.69 Å². The summed E-state index contributed by atoms with van der Waals surface area (Å²) < 4.78 is 17.9. The summed E-state index contributed by atoms with van der Waals surface area (Å²) in [5.74, 6) is 0.884. The van der Waals surface area contributed by atoms with E-state index in [0.717, 1.165) is 41.0 Å². The zero-order chi connectivity index (χ0) is 31.9. The zero-order valence-electron chi connectivity index (χ0n) is 25.5. The SMILES string of the molecule is CCOC(=O)c1c(NC(=O)[C@H](C)Sc2nnc(CNC(=O)Cc3ccc(OC)cc3)n2-c2ccccc2OC)sc2c1CCC2. The number of rotatable bonds is 13. The highest BCUT2D eigenvalue weighted by atomic mass is 32.2. The molecule has 2 N–H and O–H groups in total. The number of aromatic nitrogens is 3. The molecule has 0 spiro atoms. The number of hydrogen-bond donors (Lipinski definition) is 2. The summed E-state index contributed by atoms with van der Waals surface area (Å²) in [6.45, 7) is 3.89. The van der Waals surface area contributed by atoms with Crippen molar-refractivity contribution in [2.24, 2.45) is 0 Å². The first-order valence-electron chi connectivity index (χ1n) is 14.6. The van der Waals surface area contributed by atoms with Crippen molar-refractivity contribution in [1.29, 1.82) is 0 Å². The van der Waals surface area contributed by atoms with Crippen LogP contribution in [0.1, 0.15) is 52.5 Å². The van der Waals surface area contributed by atoms with Gasteiger partial charge in [0.05, 0.1) is 50.3 Å². The van der Waals surface area contributed by atoms with Crippen molar-refractivity contribution >= 4 is 45.9 Å². The molecule has 45 heavy (non-hydrogen) atoms. The number of esters is 1. The summed E-state index contributed by atoms with van der Waals surface area (Å²) in [4.78, 5) is 40.2. The first-order chi connectivity index (χ1) is 21.8. The zero-order valence-corrected chi connectivity index (χ0v) is 27.2. The molecule has 0 saturated carbocycles. The third-order valence-electron chi connectivity index (χ3n) is 7.28. The van der Waals surface area contributed by atoms with Crippen LogP contribution in [0.2, 0.25) is 0 Å². The number of thiophene rings is 1. The molecular weight excluding hydrogens is 615 g/mol. The molecule has 11 nitrogen and oxygen atoms in total. The molecule has 4 aromatic rings. The van der Waals surface area contributed by atoms with Crippen LogP contribution in [-0.4, -0.2) is 58.6 Å². The third kappa shape index (κ3) is 7.31. The van der Waals surface area contributed by atoms with E-state index >= 15 is 0 Å². The number of anilines is 1. The Bertz CT molecular complexity index is 1680. The minimum atomic E-state index is -0.604. The number of carbonyl (C=O) groups is 3. The number of fused-ring (bicyclic) bond motifs is 1. The second kappa shape index (κ2) is 14.6. The van der Waals surface area contributed by atoms with Crippen LogP contribution in [0.3, 0.4) is 0 Å². The molecule has 2 amide bonds. The van der Waals surface area contributed by atoms with Gasteiger partial charge in [-0.1, -0.05) is 36.0 Å². The molecule has 13 heteroatoms. The fraction of sp³-hybridized carbons (Fsp3) is 0.344. The van der Waals surface area contributed by atoms with Crippen molar-refractivity contribution in [3.8, 4) is 17.2 Å². The Morgan fingerprint density at radius 2 is 1.82 bits per heavy atom. The summed E-state index contributed by atoms with van der Waals surface area (Å²) in [5, 5.41) is 15.0. The molecule has 0 fully saturated rings. The Labute approximate surface area is 269 Å². The van der Waals surface area contributed by atoms with Crippen LogP contribution in [0.5, 0.6) is 11.5 Å². The highest BCUT2D eigenvalue weighted by molar-refractivity contribution is 8.00. The Morgan fingerprint density at radius 1 is 1.04 bits per heavy atom. The van der Waals surface area contributed by atoms with Gasteiger partial charge in [-0.15, -0.1) is 21.5 Å². The molecule has 0 bridgehead atoms. The molecule has 236 valence electrons. The number of ether oxygens (including phenoxy) is 3. The van der Waals surface area contributed by atoms with E-state index in [2.05, 4.69) is 20.8 Å². The fourth-order valence-corrected chi connectivity index (χ4v) is 7.21. The Morgan fingerprint density at radius 3 is 2.56 bits per heavy atom. The molecule has 1 aliphatic rings. The topological polar surface area (TPSA) is 134 Å². The highest BCUT2D eigenvalue weighted by Gasteiger charge is 2.30. The molecule has 5 rings (SSSR count). The van der Waals surface area contributed by atoms with Gasteiger partial charge < -0.3 is 24.8 Å². The van der Waals surface area contributed by atoms with Gasteiger partial charge in [-0.25, -0.2) is 4.79 Å². The van der Waals surface area contributed by atoms with Gasteiger partial charge in [-0.3, -0.25) is 14.2 Å². The van der Waals surface area contributed by atoms with Crippen LogP contribution < -0.4 is 20.1 Å². The van der Waals surface area contributed by atoms with E-state index in [0.29, 0.717) is 33.0 Å². The third-order valence-corrected chi connectivity index (χ3v) is 9.53. The number of amides is 2. The molecule has 2 heterocycles. The van der Waals surface area contributed by atoms with Gasteiger partial charge in [-0.2, -0.15) is 0 Å². The van der Waals surface area contributed by atoms with E-state index in [1.54, 1.807) is 32.6 Å². The van der Waals surface area contributed by atoms with E-state index in [-0.39, 0.29) is 31.4 Å².